The van der Waals surface area contributed by atoms with Crippen molar-refractivity contribution in [3.05, 3.63) is 35.4 Å². The molecule has 1 aliphatic rings. The van der Waals surface area contributed by atoms with Gasteiger partial charge in [0.15, 0.2) is 0 Å². The Morgan fingerprint density at radius 1 is 1.40 bits per heavy atom. The Morgan fingerprint density at radius 3 is 2.80 bits per heavy atom. The van der Waals surface area contributed by atoms with E-state index in [2.05, 4.69) is 0 Å². The number of carbonyl (C=O) groups is 1. The van der Waals surface area contributed by atoms with Gasteiger partial charge in [-0.1, -0.05) is 6.07 Å². The first-order valence-electron chi connectivity index (χ1n) is 6.49. The minimum Gasteiger partial charge on any atom is -0.396 e. The first-order valence-corrected chi connectivity index (χ1v) is 6.49. The molecule has 0 saturated carbocycles. The van der Waals surface area contributed by atoms with Crippen LogP contribution in [0.15, 0.2) is 24.3 Å². The summed E-state index contributed by atoms with van der Waals surface area (Å²) in [5, 5.41) is 9.13. The lowest BCUT2D eigenvalue weighted by molar-refractivity contribution is -0.137. The molecule has 1 aromatic carbocycles. The van der Waals surface area contributed by atoms with Crippen LogP contribution in [0.3, 0.4) is 0 Å². The molecule has 0 radical (unpaired) electrons. The van der Waals surface area contributed by atoms with Crippen LogP contribution in [0.2, 0.25) is 0 Å². The van der Waals surface area contributed by atoms with Crippen molar-refractivity contribution in [1.82, 2.24) is 4.90 Å². The lowest BCUT2D eigenvalue weighted by Crippen LogP contribution is -2.41. The zero-order chi connectivity index (χ0) is 14.8. The maximum Gasteiger partial charge on any atom is 0.416 e. The number of hydrogen-bond donors (Lipinski definition) is 1. The van der Waals surface area contributed by atoms with Crippen LogP contribution in [0.1, 0.15) is 28.8 Å². The van der Waals surface area contributed by atoms with Crippen molar-refractivity contribution >= 4 is 5.91 Å². The average Bonchev–Trinajstić information content (AvgIpc) is 2.46. The smallest absolute Gasteiger partial charge is 0.396 e. The molecule has 0 aliphatic carbocycles. The van der Waals surface area contributed by atoms with Gasteiger partial charge in [-0.2, -0.15) is 13.2 Å². The zero-order valence-electron chi connectivity index (χ0n) is 10.9. The summed E-state index contributed by atoms with van der Waals surface area (Å²) in [7, 11) is 0. The minimum absolute atomic E-state index is 0.00757. The first-order chi connectivity index (χ1) is 9.41. The summed E-state index contributed by atoms with van der Waals surface area (Å²) in [5.41, 5.74) is -0.780. The normalized spacial score (nSPS) is 20.0. The second kappa shape index (κ2) is 5.83. The minimum atomic E-state index is -4.45. The van der Waals surface area contributed by atoms with Gasteiger partial charge in [0.25, 0.3) is 5.91 Å². The van der Waals surface area contributed by atoms with E-state index in [0.29, 0.717) is 13.1 Å². The Balaban J connectivity index is 2.17. The van der Waals surface area contributed by atoms with Crippen LogP contribution < -0.4 is 0 Å². The van der Waals surface area contributed by atoms with Crippen LogP contribution in [0.4, 0.5) is 13.2 Å². The van der Waals surface area contributed by atoms with Crippen LogP contribution in [-0.2, 0) is 6.18 Å². The Bertz CT molecular complexity index is 488. The van der Waals surface area contributed by atoms with Crippen LogP contribution in [0.25, 0.3) is 0 Å². The largest absolute Gasteiger partial charge is 0.416 e. The molecule has 6 heteroatoms. The maximum absolute atomic E-state index is 12.6. The van der Waals surface area contributed by atoms with E-state index in [0.717, 1.165) is 25.0 Å². The van der Waals surface area contributed by atoms with Gasteiger partial charge in [0.1, 0.15) is 0 Å². The molecular weight excluding hydrogens is 271 g/mol. The van der Waals surface area contributed by atoms with Gasteiger partial charge in [0.2, 0.25) is 0 Å². The quantitative estimate of drug-likeness (QED) is 0.908. The van der Waals surface area contributed by atoms with Gasteiger partial charge >= 0.3 is 6.18 Å². The fourth-order valence-electron chi connectivity index (χ4n) is 2.41. The van der Waals surface area contributed by atoms with E-state index in [1.165, 1.54) is 17.0 Å². The third-order valence-electron chi connectivity index (χ3n) is 3.50. The van der Waals surface area contributed by atoms with Crippen LogP contribution in [0, 0.1) is 5.92 Å². The molecular formula is C14H16F3NO2. The standard InChI is InChI=1S/C14H16F3NO2/c15-14(16,17)12-5-1-4-11(7-12)13(20)18-6-2-3-10(8-18)9-19/h1,4-5,7,10,19H,2-3,6,8-9H2. The second-order valence-corrected chi connectivity index (χ2v) is 5.02. The monoisotopic (exact) mass is 287 g/mol. The number of benzene rings is 1. The summed E-state index contributed by atoms with van der Waals surface area (Å²) in [6.45, 7) is 0.906. The molecule has 110 valence electrons. The van der Waals surface area contributed by atoms with E-state index in [9.17, 15) is 18.0 Å². The maximum atomic E-state index is 12.6. The molecule has 1 heterocycles. The lowest BCUT2D eigenvalue weighted by Gasteiger charge is -2.32. The number of halogens is 3. The fraction of sp³-hybridized carbons (Fsp3) is 0.500. The molecule has 1 N–H and O–H groups in total. The van der Waals surface area contributed by atoms with Gasteiger partial charge in [-0.3, -0.25) is 4.79 Å². The highest BCUT2D eigenvalue weighted by molar-refractivity contribution is 5.94. The summed E-state index contributed by atoms with van der Waals surface area (Å²) in [4.78, 5) is 13.7. The van der Waals surface area contributed by atoms with Gasteiger partial charge in [-0.15, -0.1) is 0 Å². The molecule has 1 atom stereocenters. The Labute approximate surface area is 115 Å². The van der Waals surface area contributed by atoms with Crippen molar-refractivity contribution in [2.24, 2.45) is 5.92 Å². The SMILES string of the molecule is O=C(c1cccc(C(F)(F)F)c1)N1CCCC(CO)C1. The molecule has 2 rings (SSSR count). The van der Waals surface area contributed by atoms with Crippen LogP contribution in [-0.4, -0.2) is 35.6 Å². The average molecular weight is 287 g/mol. The van der Waals surface area contributed by atoms with E-state index in [-0.39, 0.29) is 18.1 Å². The second-order valence-electron chi connectivity index (χ2n) is 5.02. The number of amides is 1. The highest BCUT2D eigenvalue weighted by Crippen LogP contribution is 2.30. The number of likely N-dealkylation sites (tertiary alicyclic amines) is 1. The van der Waals surface area contributed by atoms with Gasteiger partial charge in [0.05, 0.1) is 5.56 Å². The Morgan fingerprint density at radius 2 is 2.15 bits per heavy atom. The number of hydrogen-bond acceptors (Lipinski definition) is 2. The predicted molar refractivity (Wildman–Crippen MR) is 67.2 cm³/mol. The number of alkyl halides is 3. The van der Waals surface area contributed by atoms with Gasteiger partial charge in [0, 0.05) is 25.3 Å². The van der Waals surface area contributed by atoms with Crippen molar-refractivity contribution in [3.63, 3.8) is 0 Å². The predicted octanol–water partition coefficient (Wildman–Crippen LogP) is 2.55. The molecule has 1 aliphatic heterocycles. The Hall–Kier alpha value is -1.56. The number of aliphatic hydroxyl groups excluding tert-OH is 1. The van der Waals surface area contributed by atoms with E-state index in [1.807, 2.05) is 0 Å². The van der Waals surface area contributed by atoms with E-state index >= 15 is 0 Å². The molecule has 1 unspecified atom stereocenters. The van der Waals surface area contributed by atoms with Gasteiger partial charge in [-0.05, 0) is 37.0 Å². The topological polar surface area (TPSA) is 40.5 Å². The number of rotatable bonds is 2. The van der Waals surface area contributed by atoms with Crippen molar-refractivity contribution in [1.29, 1.82) is 0 Å². The lowest BCUT2D eigenvalue weighted by atomic mass is 9.98. The first kappa shape index (κ1) is 14.8. The van der Waals surface area contributed by atoms with E-state index in [4.69, 9.17) is 5.11 Å². The molecule has 3 nitrogen and oxygen atoms in total. The Kier molecular flexibility index (Phi) is 4.32. The third-order valence-corrected chi connectivity index (χ3v) is 3.50. The van der Waals surface area contributed by atoms with E-state index in [1.54, 1.807) is 0 Å². The number of aliphatic hydroxyl groups is 1. The summed E-state index contributed by atoms with van der Waals surface area (Å²) >= 11 is 0. The summed E-state index contributed by atoms with van der Waals surface area (Å²) in [6.07, 6.45) is -2.86. The van der Waals surface area contributed by atoms with Crippen molar-refractivity contribution in [2.45, 2.75) is 19.0 Å². The van der Waals surface area contributed by atoms with Crippen molar-refractivity contribution in [3.8, 4) is 0 Å². The molecule has 20 heavy (non-hydrogen) atoms. The van der Waals surface area contributed by atoms with E-state index < -0.39 is 17.6 Å². The number of carbonyl (C=O) groups excluding carboxylic acids is 1. The zero-order valence-corrected chi connectivity index (χ0v) is 10.9. The molecule has 1 amide bonds. The molecule has 1 aromatic rings. The summed E-state index contributed by atoms with van der Waals surface area (Å²) in [6, 6.07) is 4.46. The molecule has 0 bridgehead atoms. The summed E-state index contributed by atoms with van der Waals surface area (Å²) < 4.78 is 37.9. The van der Waals surface area contributed by atoms with Gasteiger partial charge < -0.3 is 10.0 Å². The van der Waals surface area contributed by atoms with Crippen LogP contribution >= 0.6 is 0 Å². The molecule has 1 saturated heterocycles. The van der Waals surface area contributed by atoms with Crippen molar-refractivity contribution in [2.75, 3.05) is 19.7 Å². The van der Waals surface area contributed by atoms with Crippen molar-refractivity contribution < 1.29 is 23.1 Å². The van der Waals surface area contributed by atoms with Crippen LogP contribution in [0.5, 0.6) is 0 Å². The summed E-state index contributed by atoms with van der Waals surface area (Å²) in [5.74, 6) is -0.396. The fourth-order valence-corrected chi connectivity index (χ4v) is 2.41. The molecule has 0 spiro atoms. The highest BCUT2D eigenvalue weighted by Gasteiger charge is 2.31. The third kappa shape index (κ3) is 3.30. The highest BCUT2D eigenvalue weighted by atomic mass is 19.4. The number of piperidine rings is 1. The molecule has 1 fully saturated rings. The molecule has 0 aromatic heterocycles. The number of nitrogens with zero attached hydrogens (tertiary/aromatic N) is 1. The van der Waals surface area contributed by atoms with Gasteiger partial charge in [-0.25, -0.2) is 0 Å².